The van der Waals surface area contributed by atoms with Crippen molar-refractivity contribution < 1.29 is 4.39 Å². The molecule has 7 heteroatoms. The highest BCUT2D eigenvalue weighted by molar-refractivity contribution is 7.21. The number of nitrogen functional groups attached to an aromatic ring is 1. The zero-order valence-corrected chi connectivity index (χ0v) is 13.2. The molecule has 118 valence electrons. The van der Waals surface area contributed by atoms with Crippen LogP contribution < -0.4 is 16.4 Å². The summed E-state index contributed by atoms with van der Waals surface area (Å²) in [5, 5.41) is 0.970. The van der Waals surface area contributed by atoms with Gasteiger partial charge in [0.2, 0.25) is 5.95 Å². The molecule has 0 spiro atoms. The van der Waals surface area contributed by atoms with Crippen molar-refractivity contribution in [1.29, 1.82) is 0 Å². The Hall–Kier alpha value is -2.25. The van der Waals surface area contributed by atoms with Crippen LogP contribution in [0.1, 0.15) is 6.42 Å². The van der Waals surface area contributed by atoms with Gasteiger partial charge in [0.25, 0.3) is 0 Å². The number of hydrogen-bond acceptors (Lipinski definition) is 6. The molecule has 2 aromatic heterocycles. The van der Waals surface area contributed by atoms with Gasteiger partial charge >= 0.3 is 0 Å². The van der Waals surface area contributed by atoms with Crippen LogP contribution in [0.5, 0.6) is 0 Å². The highest BCUT2D eigenvalue weighted by Crippen LogP contribution is 2.37. The number of anilines is 2. The van der Waals surface area contributed by atoms with Gasteiger partial charge in [0, 0.05) is 24.0 Å². The average Bonchev–Trinajstić information content (AvgIpc) is 3.13. The maximum atomic E-state index is 13.1. The second-order valence-corrected chi connectivity index (χ2v) is 6.77. The molecule has 1 aliphatic rings. The van der Waals surface area contributed by atoms with Crippen molar-refractivity contribution in [2.45, 2.75) is 12.5 Å². The summed E-state index contributed by atoms with van der Waals surface area (Å²) < 4.78 is 13.1. The maximum Gasteiger partial charge on any atom is 0.223 e. The van der Waals surface area contributed by atoms with Gasteiger partial charge in [0.15, 0.2) is 0 Å². The molecule has 0 radical (unpaired) electrons. The number of nitrogens with two attached hydrogens (primary N) is 2. The molecule has 0 amide bonds. The third-order valence-corrected chi connectivity index (χ3v) is 5.12. The van der Waals surface area contributed by atoms with Crippen molar-refractivity contribution in [3.05, 3.63) is 36.1 Å². The first kappa shape index (κ1) is 14.3. The Morgan fingerprint density at radius 2 is 2.00 bits per heavy atom. The molecule has 1 atom stereocenters. The van der Waals surface area contributed by atoms with E-state index in [1.807, 2.05) is 6.07 Å². The van der Waals surface area contributed by atoms with Gasteiger partial charge in [-0.25, -0.2) is 9.37 Å². The second kappa shape index (κ2) is 5.43. The van der Waals surface area contributed by atoms with E-state index in [-0.39, 0.29) is 17.8 Å². The molecule has 1 fully saturated rings. The molecule has 5 nitrogen and oxygen atoms in total. The van der Waals surface area contributed by atoms with Crippen LogP contribution in [-0.2, 0) is 0 Å². The number of fused-ring (bicyclic) bond motifs is 1. The van der Waals surface area contributed by atoms with Gasteiger partial charge in [-0.1, -0.05) is 12.1 Å². The molecule has 4 rings (SSSR count). The van der Waals surface area contributed by atoms with Gasteiger partial charge in [-0.3, -0.25) is 0 Å². The normalized spacial score (nSPS) is 18.0. The Morgan fingerprint density at radius 1 is 1.22 bits per heavy atom. The van der Waals surface area contributed by atoms with Crippen molar-refractivity contribution in [3.8, 4) is 10.4 Å². The highest BCUT2D eigenvalue weighted by Gasteiger charge is 2.23. The molecule has 1 aromatic carbocycles. The lowest BCUT2D eigenvalue weighted by Gasteiger charge is -2.17. The highest BCUT2D eigenvalue weighted by atomic mass is 32.1. The molecule has 0 bridgehead atoms. The average molecular weight is 329 g/mol. The number of rotatable bonds is 2. The molecule has 0 unspecified atom stereocenters. The van der Waals surface area contributed by atoms with Crippen molar-refractivity contribution in [2.24, 2.45) is 5.73 Å². The fraction of sp³-hybridized carbons (Fsp3) is 0.250. The molecule has 1 aliphatic heterocycles. The summed E-state index contributed by atoms with van der Waals surface area (Å²) in [6, 6.07) is 8.66. The largest absolute Gasteiger partial charge is 0.368 e. The molecular formula is C16H16FN5S. The summed E-state index contributed by atoms with van der Waals surface area (Å²) in [6.07, 6.45) is 0.945. The summed E-state index contributed by atoms with van der Waals surface area (Å²) in [7, 11) is 0. The predicted octanol–water partition coefficient (Wildman–Crippen LogP) is 2.62. The zero-order valence-electron chi connectivity index (χ0n) is 12.4. The number of hydrogen-bond donors (Lipinski definition) is 2. The van der Waals surface area contributed by atoms with Crippen molar-refractivity contribution in [2.75, 3.05) is 23.7 Å². The maximum absolute atomic E-state index is 13.1. The van der Waals surface area contributed by atoms with E-state index in [1.165, 1.54) is 23.5 Å². The van der Waals surface area contributed by atoms with E-state index in [0.29, 0.717) is 0 Å². The Bertz CT molecular complexity index is 861. The van der Waals surface area contributed by atoms with Crippen molar-refractivity contribution >= 4 is 33.3 Å². The molecule has 3 aromatic rings. The minimum Gasteiger partial charge on any atom is -0.368 e. The summed E-state index contributed by atoms with van der Waals surface area (Å²) >= 11 is 1.53. The van der Waals surface area contributed by atoms with Crippen LogP contribution in [0.4, 0.5) is 16.2 Å². The Balaban J connectivity index is 1.83. The van der Waals surface area contributed by atoms with E-state index in [2.05, 4.69) is 14.9 Å². The smallest absolute Gasteiger partial charge is 0.223 e. The van der Waals surface area contributed by atoms with Crippen LogP contribution >= 0.6 is 11.3 Å². The van der Waals surface area contributed by atoms with Gasteiger partial charge in [-0.05, 0) is 30.2 Å². The molecule has 0 aliphatic carbocycles. The van der Waals surface area contributed by atoms with Crippen LogP contribution in [0.2, 0.25) is 0 Å². The van der Waals surface area contributed by atoms with E-state index < -0.39 is 0 Å². The summed E-state index contributed by atoms with van der Waals surface area (Å²) in [5.74, 6) is 0.858. The van der Waals surface area contributed by atoms with E-state index in [1.54, 1.807) is 12.1 Å². The lowest BCUT2D eigenvalue weighted by atomic mass is 10.2. The number of aromatic nitrogens is 2. The Morgan fingerprint density at radius 3 is 2.70 bits per heavy atom. The van der Waals surface area contributed by atoms with E-state index in [0.717, 1.165) is 46.0 Å². The molecule has 4 N–H and O–H groups in total. The van der Waals surface area contributed by atoms with Crippen LogP contribution in [-0.4, -0.2) is 29.1 Å². The van der Waals surface area contributed by atoms with Crippen LogP contribution in [0.25, 0.3) is 20.7 Å². The minimum absolute atomic E-state index is 0.163. The first-order chi connectivity index (χ1) is 11.1. The van der Waals surface area contributed by atoms with Gasteiger partial charge < -0.3 is 16.4 Å². The third-order valence-electron chi connectivity index (χ3n) is 4.04. The van der Waals surface area contributed by atoms with Crippen LogP contribution in [0, 0.1) is 5.82 Å². The molecule has 3 heterocycles. The van der Waals surface area contributed by atoms with Gasteiger partial charge in [0.1, 0.15) is 16.5 Å². The third kappa shape index (κ3) is 2.62. The quantitative estimate of drug-likeness (QED) is 0.755. The second-order valence-electron chi connectivity index (χ2n) is 5.74. The minimum atomic E-state index is -0.245. The number of benzene rings is 1. The summed E-state index contributed by atoms with van der Waals surface area (Å²) in [5.41, 5.74) is 12.8. The lowest BCUT2D eigenvalue weighted by molar-refractivity contribution is 0.628. The lowest BCUT2D eigenvalue weighted by Crippen LogP contribution is -2.27. The van der Waals surface area contributed by atoms with Gasteiger partial charge in [0.05, 0.1) is 5.39 Å². The zero-order chi connectivity index (χ0) is 16.0. The van der Waals surface area contributed by atoms with Crippen LogP contribution in [0.15, 0.2) is 30.3 Å². The number of nitrogens with zero attached hydrogens (tertiary/aromatic N) is 3. The summed E-state index contributed by atoms with van der Waals surface area (Å²) in [4.78, 5) is 12.8. The van der Waals surface area contributed by atoms with E-state index >= 15 is 0 Å². The van der Waals surface area contributed by atoms with Crippen molar-refractivity contribution in [3.63, 3.8) is 0 Å². The van der Waals surface area contributed by atoms with E-state index in [9.17, 15) is 4.39 Å². The molecule has 23 heavy (non-hydrogen) atoms. The Kier molecular flexibility index (Phi) is 3.39. The standard InChI is InChI=1S/C16H16FN5S/c17-10-3-1-9(2-4-10)13-7-12-14(22-6-5-11(18)8-22)20-16(19)21-15(12)23-13/h1-4,7,11H,5-6,8,18H2,(H2,19,20,21)/t11-/m1/s1. The molecule has 1 saturated heterocycles. The monoisotopic (exact) mass is 329 g/mol. The number of thiophene rings is 1. The first-order valence-corrected chi connectivity index (χ1v) is 8.25. The molecular weight excluding hydrogens is 313 g/mol. The fourth-order valence-electron chi connectivity index (χ4n) is 2.90. The Labute approximate surface area is 136 Å². The summed E-state index contributed by atoms with van der Waals surface area (Å²) in [6.45, 7) is 1.64. The van der Waals surface area contributed by atoms with Gasteiger partial charge in [-0.2, -0.15) is 4.98 Å². The van der Waals surface area contributed by atoms with Crippen molar-refractivity contribution in [1.82, 2.24) is 9.97 Å². The topological polar surface area (TPSA) is 81.1 Å². The van der Waals surface area contributed by atoms with Crippen LogP contribution in [0.3, 0.4) is 0 Å². The van der Waals surface area contributed by atoms with Gasteiger partial charge in [-0.15, -0.1) is 11.3 Å². The first-order valence-electron chi connectivity index (χ1n) is 7.43. The van der Waals surface area contributed by atoms with E-state index in [4.69, 9.17) is 11.5 Å². The SMILES string of the molecule is Nc1nc(N2CC[C@@H](N)C2)c2cc(-c3ccc(F)cc3)sc2n1. The predicted molar refractivity (Wildman–Crippen MR) is 92.0 cm³/mol. The fourth-order valence-corrected chi connectivity index (χ4v) is 3.94. The number of halogens is 1. The molecule has 0 saturated carbocycles.